The highest BCUT2D eigenvalue weighted by atomic mass is 16.5. The minimum Gasteiger partial charge on any atom is -0.496 e. The molecule has 152 valence electrons. The molecule has 0 aliphatic heterocycles. The number of hydrogen-bond acceptors (Lipinski definition) is 3. The molecule has 4 heteroatoms. The SMILES string of the molecule is CCC(Oc1cccc2ccccc12)C(=O)NC(CC)c1ccc(OC)c(C)c1. The molecular weight excluding hydrogens is 362 g/mol. The molecule has 2 unspecified atom stereocenters. The van der Waals surface area contributed by atoms with Crippen LogP contribution in [0.25, 0.3) is 10.8 Å². The van der Waals surface area contributed by atoms with Crippen LogP contribution in [0.15, 0.2) is 60.7 Å². The number of nitrogens with one attached hydrogen (secondary N) is 1. The van der Waals surface area contributed by atoms with Gasteiger partial charge in [0, 0.05) is 5.39 Å². The fraction of sp³-hybridized carbons (Fsp3) is 0.320. The van der Waals surface area contributed by atoms with Gasteiger partial charge in [0.15, 0.2) is 6.10 Å². The average molecular weight is 392 g/mol. The number of hydrogen-bond donors (Lipinski definition) is 1. The second-order valence-electron chi connectivity index (χ2n) is 7.19. The summed E-state index contributed by atoms with van der Waals surface area (Å²) in [6.07, 6.45) is 0.837. The predicted molar refractivity (Wildman–Crippen MR) is 118 cm³/mol. The first-order valence-electron chi connectivity index (χ1n) is 10.2. The fourth-order valence-electron chi connectivity index (χ4n) is 3.58. The summed E-state index contributed by atoms with van der Waals surface area (Å²) in [5, 5.41) is 5.27. The third-order valence-electron chi connectivity index (χ3n) is 5.23. The maximum Gasteiger partial charge on any atom is 0.261 e. The normalized spacial score (nSPS) is 13.0. The van der Waals surface area contributed by atoms with Gasteiger partial charge >= 0.3 is 0 Å². The van der Waals surface area contributed by atoms with E-state index in [0.29, 0.717) is 6.42 Å². The van der Waals surface area contributed by atoms with Crippen LogP contribution in [-0.4, -0.2) is 19.1 Å². The maximum atomic E-state index is 13.0. The van der Waals surface area contributed by atoms with Gasteiger partial charge in [0.2, 0.25) is 0 Å². The van der Waals surface area contributed by atoms with Crippen molar-refractivity contribution in [1.82, 2.24) is 5.32 Å². The molecule has 0 radical (unpaired) electrons. The summed E-state index contributed by atoms with van der Waals surface area (Å²) >= 11 is 0. The Morgan fingerprint density at radius 3 is 2.41 bits per heavy atom. The molecule has 3 aromatic rings. The predicted octanol–water partition coefficient (Wildman–Crippen LogP) is 5.58. The minimum atomic E-state index is -0.547. The number of carbonyl (C=O) groups is 1. The van der Waals surface area contributed by atoms with Gasteiger partial charge in [-0.25, -0.2) is 0 Å². The molecule has 0 saturated heterocycles. The smallest absolute Gasteiger partial charge is 0.261 e. The summed E-state index contributed by atoms with van der Waals surface area (Å²) in [6.45, 7) is 6.04. The van der Waals surface area contributed by atoms with Gasteiger partial charge in [-0.15, -0.1) is 0 Å². The molecule has 1 N–H and O–H groups in total. The number of amides is 1. The summed E-state index contributed by atoms with van der Waals surface area (Å²) in [4.78, 5) is 13.0. The number of fused-ring (bicyclic) bond motifs is 1. The van der Waals surface area contributed by atoms with Crippen molar-refractivity contribution < 1.29 is 14.3 Å². The lowest BCUT2D eigenvalue weighted by molar-refractivity contribution is -0.128. The van der Waals surface area contributed by atoms with E-state index in [-0.39, 0.29) is 11.9 Å². The first kappa shape index (κ1) is 20.7. The van der Waals surface area contributed by atoms with E-state index in [9.17, 15) is 4.79 Å². The molecule has 0 aliphatic rings. The lowest BCUT2D eigenvalue weighted by atomic mass is 10.0. The number of methoxy groups -OCH3 is 1. The first-order valence-corrected chi connectivity index (χ1v) is 10.2. The first-order chi connectivity index (χ1) is 14.1. The molecule has 0 spiro atoms. The Hall–Kier alpha value is -3.01. The van der Waals surface area contributed by atoms with Crippen LogP contribution >= 0.6 is 0 Å². The van der Waals surface area contributed by atoms with E-state index < -0.39 is 6.10 Å². The summed E-state index contributed by atoms with van der Waals surface area (Å²) in [5.41, 5.74) is 2.12. The number of benzene rings is 3. The Balaban J connectivity index is 1.77. The average Bonchev–Trinajstić information content (AvgIpc) is 2.75. The summed E-state index contributed by atoms with van der Waals surface area (Å²) in [7, 11) is 1.66. The van der Waals surface area contributed by atoms with E-state index in [1.54, 1.807) is 7.11 Å². The zero-order valence-corrected chi connectivity index (χ0v) is 17.6. The van der Waals surface area contributed by atoms with E-state index in [4.69, 9.17) is 9.47 Å². The zero-order valence-electron chi connectivity index (χ0n) is 17.6. The lowest BCUT2D eigenvalue weighted by Gasteiger charge is -2.23. The van der Waals surface area contributed by atoms with E-state index in [2.05, 4.69) is 18.3 Å². The van der Waals surface area contributed by atoms with Crippen molar-refractivity contribution >= 4 is 16.7 Å². The molecule has 0 fully saturated rings. The second kappa shape index (κ2) is 9.46. The molecule has 0 saturated carbocycles. The van der Waals surface area contributed by atoms with Gasteiger partial charge in [0.25, 0.3) is 5.91 Å². The molecule has 3 rings (SSSR count). The van der Waals surface area contributed by atoms with Crippen molar-refractivity contribution in [2.24, 2.45) is 0 Å². The van der Waals surface area contributed by atoms with Crippen molar-refractivity contribution in [3.05, 3.63) is 71.8 Å². The molecule has 4 nitrogen and oxygen atoms in total. The van der Waals surface area contributed by atoms with Crippen LogP contribution in [0.3, 0.4) is 0 Å². The Labute approximate surface area is 172 Å². The van der Waals surface area contributed by atoms with Crippen LogP contribution in [-0.2, 0) is 4.79 Å². The van der Waals surface area contributed by atoms with Gasteiger partial charge in [-0.1, -0.05) is 62.4 Å². The lowest BCUT2D eigenvalue weighted by Crippen LogP contribution is -2.40. The van der Waals surface area contributed by atoms with Crippen LogP contribution in [0.4, 0.5) is 0 Å². The standard InChI is InChI=1S/C25H29NO3/c1-5-21(19-14-15-23(28-4)17(3)16-19)26-25(27)22(6-2)29-24-13-9-11-18-10-7-8-12-20(18)24/h7-16,21-22H,5-6H2,1-4H3,(H,26,27). The second-order valence-corrected chi connectivity index (χ2v) is 7.19. The topological polar surface area (TPSA) is 47.6 Å². The van der Waals surface area contributed by atoms with E-state index >= 15 is 0 Å². The van der Waals surface area contributed by atoms with Crippen molar-refractivity contribution in [3.8, 4) is 11.5 Å². The molecule has 0 aliphatic carbocycles. The highest BCUT2D eigenvalue weighted by Crippen LogP contribution is 2.27. The minimum absolute atomic E-state index is 0.0720. The summed E-state index contributed by atoms with van der Waals surface area (Å²) in [6, 6.07) is 19.9. The van der Waals surface area contributed by atoms with Crippen LogP contribution in [0.1, 0.15) is 43.9 Å². The summed E-state index contributed by atoms with van der Waals surface area (Å²) < 4.78 is 11.5. The molecule has 0 bridgehead atoms. The van der Waals surface area contributed by atoms with Crippen LogP contribution in [0, 0.1) is 6.92 Å². The Bertz CT molecular complexity index is 977. The van der Waals surface area contributed by atoms with E-state index in [0.717, 1.165) is 39.8 Å². The molecule has 3 aromatic carbocycles. The van der Waals surface area contributed by atoms with Crippen molar-refractivity contribution in [3.63, 3.8) is 0 Å². The maximum absolute atomic E-state index is 13.0. The molecule has 29 heavy (non-hydrogen) atoms. The molecule has 0 heterocycles. The van der Waals surface area contributed by atoms with Crippen LogP contribution < -0.4 is 14.8 Å². The Kier molecular flexibility index (Phi) is 6.76. The molecule has 2 atom stereocenters. The fourth-order valence-corrected chi connectivity index (χ4v) is 3.58. The highest BCUT2D eigenvalue weighted by molar-refractivity contribution is 5.89. The van der Waals surface area contributed by atoms with Crippen LogP contribution in [0.2, 0.25) is 0 Å². The van der Waals surface area contributed by atoms with Crippen LogP contribution in [0.5, 0.6) is 11.5 Å². The van der Waals surface area contributed by atoms with Gasteiger partial charge in [-0.3, -0.25) is 4.79 Å². The number of aryl methyl sites for hydroxylation is 1. The monoisotopic (exact) mass is 391 g/mol. The third-order valence-corrected chi connectivity index (χ3v) is 5.23. The molecule has 1 amide bonds. The number of rotatable bonds is 8. The van der Waals surface area contributed by atoms with Gasteiger partial charge in [0.05, 0.1) is 13.2 Å². The quantitative estimate of drug-likeness (QED) is 0.545. The largest absolute Gasteiger partial charge is 0.496 e. The third kappa shape index (κ3) is 4.70. The zero-order chi connectivity index (χ0) is 20.8. The summed E-state index contributed by atoms with van der Waals surface area (Å²) in [5.74, 6) is 1.49. The van der Waals surface area contributed by atoms with Gasteiger partial charge in [-0.05, 0) is 48.4 Å². The van der Waals surface area contributed by atoms with Crippen molar-refractivity contribution in [2.75, 3.05) is 7.11 Å². The van der Waals surface area contributed by atoms with Crippen molar-refractivity contribution in [2.45, 2.75) is 45.8 Å². The Morgan fingerprint density at radius 1 is 0.966 bits per heavy atom. The number of ether oxygens (including phenoxy) is 2. The van der Waals surface area contributed by atoms with E-state index in [1.165, 1.54) is 0 Å². The molecule has 0 aromatic heterocycles. The molecular formula is C25H29NO3. The number of carbonyl (C=O) groups excluding carboxylic acids is 1. The van der Waals surface area contributed by atoms with Crippen molar-refractivity contribution in [1.29, 1.82) is 0 Å². The van der Waals surface area contributed by atoms with Gasteiger partial charge in [0.1, 0.15) is 11.5 Å². The Morgan fingerprint density at radius 2 is 1.72 bits per heavy atom. The highest BCUT2D eigenvalue weighted by Gasteiger charge is 2.23. The van der Waals surface area contributed by atoms with Gasteiger partial charge < -0.3 is 14.8 Å². The van der Waals surface area contributed by atoms with E-state index in [1.807, 2.05) is 68.4 Å². The van der Waals surface area contributed by atoms with Gasteiger partial charge in [-0.2, -0.15) is 0 Å².